The Morgan fingerprint density at radius 2 is 2.29 bits per heavy atom. The average molecular weight is 238 g/mol. The zero-order chi connectivity index (χ0) is 12.1. The first-order chi connectivity index (χ1) is 8.24. The van der Waals surface area contributed by atoms with Crippen molar-refractivity contribution >= 4 is 6.03 Å². The first kappa shape index (κ1) is 11.7. The molecule has 2 rings (SSSR count). The third-order valence-electron chi connectivity index (χ3n) is 2.36. The third kappa shape index (κ3) is 4.30. The minimum atomic E-state index is -0.332. The molecule has 0 bridgehead atoms. The Morgan fingerprint density at radius 3 is 3.00 bits per heavy atom. The second-order valence-corrected chi connectivity index (χ2v) is 3.98. The molecule has 0 aromatic heterocycles. The molecule has 0 aliphatic heterocycles. The fourth-order valence-corrected chi connectivity index (χ4v) is 1.35. The Bertz CT molecular complexity index is 394. The van der Waals surface area contributed by atoms with Crippen molar-refractivity contribution in [1.82, 2.24) is 10.6 Å². The molecule has 2 N–H and O–H groups in total. The fourth-order valence-electron chi connectivity index (χ4n) is 1.35. The number of nitrogens with one attached hydrogen (secondary N) is 2. The van der Waals surface area contributed by atoms with E-state index in [1.165, 1.54) is 12.1 Å². The molecule has 0 saturated heterocycles. The zero-order valence-corrected chi connectivity index (χ0v) is 9.41. The largest absolute Gasteiger partial charge is 0.492 e. The van der Waals surface area contributed by atoms with Crippen molar-refractivity contribution in [2.45, 2.75) is 18.9 Å². The van der Waals surface area contributed by atoms with Gasteiger partial charge in [0.25, 0.3) is 0 Å². The number of hydrogen-bond acceptors (Lipinski definition) is 2. The van der Waals surface area contributed by atoms with Crippen molar-refractivity contribution < 1.29 is 13.9 Å². The Kier molecular flexibility index (Phi) is 3.80. The highest BCUT2D eigenvalue weighted by atomic mass is 19.1. The Labute approximate surface area is 99.2 Å². The third-order valence-corrected chi connectivity index (χ3v) is 2.36. The summed E-state index contributed by atoms with van der Waals surface area (Å²) < 4.78 is 18.1. The van der Waals surface area contributed by atoms with Gasteiger partial charge in [0.05, 0.1) is 6.54 Å². The number of hydrogen-bond donors (Lipinski definition) is 2. The molecule has 1 saturated carbocycles. The highest BCUT2D eigenvalue weighted by Crippen LogP contribution is 2.18. The van der Waals surface area contributed by atoms with Gasteiger partial charge >= 0.3 is 6.03 Å². The molecule has 1 aromatic rings. The van der Waals surface area contributed by atoms with E-state index >= 15 is 0 Å². The maximum absolute atomic E-state index is 12.8. The van der Waals surface area contributed by atoms with Gasteiger partial charge in [0.1, 0.15) is 18.2 Å². The summed E-state index contributed by atoms with van der Waals surface area (Å²) in [6.45, 7) is 0.719. The van der Waals surface area contributed by atoms with Crippen molar-refractivity contribution in [1.29, 1.82) is 0 Å². The van der Waals surface area contributed by atoms with Gasteiger partial charge in [0, 0.05) is 12.1 Å². The SMILES string of the molecule is O=C(NCCOc1cccc(F)c1)NC1CC1. The quantitative estimate of drug-likeness (QED) is 0.766. The van der Waals surface area contributed by atoms with Gasteiger partial charge in [0.15, 0.2) is 0 Å². The summed E-state index contributed by atoms with van der Waals surface area (Å²) >= 11 is 0. The van der Waals surface area contributed by atoms with Gasteiger partial charge in [0.2, 0.25) is 0 Å². The van der Waals surface area contributed by atoms with E-state index in [-0.39, 0.29) is 11.8 Å². The first-order valence-corrected chi connectivity index (χ1v) is 5.67. The van der Waals surface area contributed by atoms with E-state index in [1.54, 1.807) is 12.1 Å². The highest BCUT2D eigenvalue weighted by molar-refractivity contribution is 5.74. The van der Waals surface area contributed by atoms with E-state index in [2.05, 4.69) is 10.6 Å². The van der Waals surface area contributed by atoms with Gasteiger partial charge in [-0.25, -0.2) is 9.18 Å². The maximum atomic E-state index is 12.8. The number of carbonyl (C=O) groups is 1. The molecule has 0 spiro atoms. The molecule has 1 aliphatic rings. The number of urea groups is 1. The molecule has 0 heterocycles. The van der Waals surface area contributed by atoms with Gasteiger partial charge in [-0.3, -0.25) is 0 Å². The van der Waals surface area contributed by atoms with Crippen molar-refractivity contribution in [2.75, 3.05) is 13.2 Å². The van der Waals surface area contributed by atoms with E-state index in [4.69, 9.17) is 4.74 Å². The summed E-state index contributed by atoms with van der Waals surface area (Å²) in [6, 6.07) is 6.10. The lowest BCUT2D eigenvalue weighted by Gasteiger charge is -2.08. The number of ether oxygens (including phenoxy) is 1. The Hall–Kier alpha value is -1.78. The molecule has 92 valence electrons. The van der Waals surface area contributed by atoms with Crippen LogP contribution in [0.2, 0.25) is 0 Å². The molecule has 4 nitrogen and oxygen atoms in total. The van der Waals surface area contributed by atoms with Crippen LogP contribution in [0.5, 0.6) is 5.75 Å². The van der Waals surface area contributed by atoms with Crippen molar-refractivity contribution in [2.24, 2.45) is 0 Å². The van der Waals surface area contributed by atoms with Crippen LogP contribution in [0.1, 0.15) is 12.8 Å². The smallest absolute Gasteiger partial charge is 0.315 e. The van der Waals surface area contributed by atoms with Crippen LogP contribution < -0.4 is 15.4 Å². The van der Waals surface area contributed by atoms with Crippen LogP contribution >= 0.6 is 0 Å². The van der Waals surface area contributed by atoms with Crippen LogP contribution in [0.4, 0.5) is 9.18 Å². The number of rotatable bonds is 5. The van der Waals surface area contributed by atoms with Crippen LogP contribution in [0.25, 0.3) is 0 Å². The maximum Gasteiger partial charge on any atom is 0.315 e. The summed E-state index contributed by atoms with van der Waals surface area (Å²) in [5, 5.41) is 5.47. The van der Waals surface area contributed by atoms with E-state index in [1.807, 2.05) is 0 Å². The predicted octanol–water partition coefficient (Wildman–Crippen LogP) is 1.67. The van der Waals surface area contributed by atoms with Crippen LogP contribution in [-0.4, -0.2) is 25.2 Å². The lowest BCUT2D eigenvalue weighted by molar-refractivity contribution is 0.236. The number of amides is 2. The van der Waals surface area contributed by atoms with Crippen molar-refractivity contribution in [3.05, 3.63) is 30.1 Å². The molecule has 1 aromatic carbocycles. The average Bonchev–Trinajstić information content (AvgIpc) is 3.08. The summed E-state index contributed by atoms with van der Waals surface area (Å²) in [5.41, 5.74) is 0. The Morgan fingerprint density at radius 1 is 1.47 bits per heavy atom. The molecule has 0 unspecified atom stereocenters. The normalized spacial score (nSPS) is 14.2. The van der Waals surface area contributed by atoms with Crippen LogP contribution in [-0.2, 0) is 0 Å². The van der Waals surface area contributed by atoms with E-state index < -0.39 is 0 Å². The molecule has 1 fully saturated rings. The lowest BCUT2D eigenvalue weighted by atomic mass is 10.3. The lowest BCUT2D eigenvalue weighted by Crippen LogP contribution is -2.38. The standard InChI is InChI=1S/C12H15FN2O2/c13-9-2-1-3-11(8-9)17-7-6-14-12(16)15-10-4-5-10/h1-3,8,10H,4-7H2,(H2,14,15,16). The summed E-state index contributed by atoms with van der Waals surface area (Å²) in [4.78, 5) is 11.2. The highest BCUT2D eigenvalue weighted by Gasteiger charge is 2.22. The van der Waals surface area contributed by atoms with Gasteiger partial charge in [-0.05, 0) is 25.0 Å². The van der Waals surface area contributed by atoms with E-state index in [0.717, 1.165) is 12.8 Å². The first-order valence-electron chi connectivity index (χ1n) is 5.67. The van der Waals surface area contributed by atoms with Crippen LogP contribution in [0, 0.1) is 5.82 Å². The molecule has 1 aliphatic carbocycles. The predicted molar refractivity (Wildman–Crippen MR) is 61.5 cm³/mol. The molecular weight excluding hydrogens is 223 g/mol. The van der Waals surface area contributed by atoms with Gasteiger partial charge in [-0.1, -0.05) is 6.07 Å². The second-order valence-electron chi connectivity index (χ2n) is 3.98. The molecule has 2 amide bonds. The molecule has 5 heteroatoms. The molecule has 0 atom stereocenters. The topological polar surface area (TPSA) is 50.4 Å². The second kappa shape index (κ2) is 5.52. The molecule has 0 radical (unpaired) electrons. The number of carbonyl (C=O) groups excluding carboxylic acids is 1. The van der Waals surface area contributed by atoms with Gasteiger partial charge < -0.3 is 15.4 Å². The van der Waals surface area contributed by atoms with Crippen molar-refractivity contribution in [3.8, 4) is 5.75 Å². The molecular formula is C12H15FN2O2. The number of halogens is 1. The van der Waals surface area contributed by atoms with Crippen LogP contribution in [0.15, 0.2) is 24.3 Å². The van der Waals surface area contributed by atoms with E-state index in [0.29, 0.717) is 24.9 Å². The van der Waals surface area contributed by atoms with E-state index in [9.17, 15) is 9.18 Å². The van der Waals surface area contributed by atoms with Crippen LogP contribution in [0.3, 0.4) is 0 Å². The van der Waals surface area contributed by atoms with Gasteiger partial charge in [-0.2, -0.15) is 0 Å². The fraction of sp³-hybridized carbons (Fsp3) is 0.417. The summed E-state index contributed by atoms with van der Waals surface area (Å²) in [5.74, 6) is 0.135. The summed E-state index contributed by atoms with van der Waals surface area (Å²) in [7, 11) is 0. The summed E-state index contributed by atoms with van der Waals surface area (Å²) in [6.07, 6.45) is 2.13. The van der Waals surface area contributed by atoms with Crippen molar-refractivity contribution in [3.63, 3.8) is 0 Å². The number of benzene rings is 1. The zero-order valence-electron chi connectivity index (χ0n) is 9.41. The Balaban J connectivity index is 1.60. The minimum Gasteiger partial charge on any atom is -0.492 e. The molecule has 17 heavy (non-hydrogen) atoms. The monoisotopic (exact) mass is 238 g/mol. The van der Waals surface area contributed by atoms with Gasteiger partial charge in [-0.15, -0.1) is 0 Å². The minimum absolute atomic E-state index is 0.171.